The number of amides is 1. The van der Waals surface area contributed by atoms with Gasteiger partial charge in [0, 0.05) is 5.69 Å². The molecule has 1 N–H and O–H groups in total. The third-order valence-corrected chi connectivity index (χ3v) is 5.17. The topological polar surface area (TPSA) is 80.6 Å². The first kappa shape index (κ1) is 23.9. The van der Waals surface area contributed by atoms with Crippen molar-refractivity contribution in [3.63, 3.8) is 0 Å². The van der Waals surface area contributed by atoms with E-state index in [0.29, 0.717) is 46.2 Å². The molecule has 0 heterocycles. The predicted octanol–water partition coefficient (Wildman–Crippen LogP) is 5.98. The van der Waals surface area contributed by atoms with Crippen LogP contribution in [0.3, 0.4) is 0 Å². The molecule has 0 fully saturated rings. The van der Waals surface area contributed by atoms with Gasteiger partial charge in [-0.05, 0) is 76.5 Å². The number of benzene rings is 3. The standard InChI is InChI=1S/C26H23BrN2O4/c1-3-32-24-15-19(14-23(27)25(24)33-17-18-7-5-4-6-8-18)13-20(16-28)26(30)29-21-9-11-22(31-2)12-10-21/h4-15H,3,17H2,1-2H3,(H,29,30)/b20-13-. The number of ether oxygens (including phenoxy) is 3. The largest absolute Gasteiger partial charge is 0.497 e. The molecule has 7 heteroatoms. The Labute approximate surface area is 201 Å². The van der Waals surface area contributed by atoms with E-state index in [-0.39, 0.29) is 5.57 Å². The Bertz CT molecular complexity index is 1170. The van der Waals surface area contributed by atoms with Crippen molar-refractivity contribution in [3.8, 4) is 23.3 Å². The van der Waals surface area contributed by atoms with Crippen LogP contribution in [0.2, 0.25) is 0 Å². The lowest BCUT2D eigenvalue weighted by atomic mass is 10.1. The second-order valence-corrected chi connectivity index (χ2v) is 7.74. The first-order chi connectivity index (χ1) is 16.0. The molecule has 0 unspecified atom stereocenters. The summed E-state index contributed by atoms with van der Waals surface area (Å²) in [6.45, 7) is 2.69. The van der Waals surface area contributed by atoms with E-state index in [2.05, 4.69) is 21.2 Å². The van der Waals surface area contributed by atoms with E-state index in [4.69, 9.17) is 14.2 Å². The van der Waals surface area contributed by atoms with Crippen molar-refractivity contribution in [2.45, 2.75) is 13.5 Å². The number of carbonyl (C=O) groups excluding carboxylic acids is 1. The van der Waals surface area contributed by atoms with Crippen molar-refractivity contribution < 1.29 is 19.0 Å². The molecular weight excluding hydrogens is 484 g/mol. The van der Waals surface area contributed by atoms with E-state index < -0.39 is 5.91 Å². The molecule has 33 heavy (non-hydrogen) atoms. The lowest BCUT2D eigenvalue weighted by Crippen LogP contribution is -2.13. The van der Waals surface area contributed by atoms with E-state index in [1.807, 2.05) is 43.3 Å². The highest BCUT2D eigenvalue weighted by molar-refractivity contribution is 9.10. The number of hydrogen-bond acceptors (Lipinski definition) is 5. The zero-order valence-corrected chi connectivity index (χ0v) is 19.9. The van der Waals surface area contributed by atoms with Gasteiger partial charge in [0.25, 0.3) is 5.91 Å². The van der Waals surface area contributed by atoms with Crippen LogP contribution in [0.15, 0.2) is 76.8 Å². The van der Waals surface area contributed by atoms with Gasteiger partial charge in [0.2, 0.25) is 0 Å². The van der Waals surface area contributed by atoms with Gasteiger partial charge in [0.05, 0.1) is 18.2 Å². The van der Waals surface area contributed by atoms with Crippen molar-refractivity contribution in [1.29, 1.82) is 5.26 Å². The molecular formula is C26H23BrN2O4. The Morgan fingerprint density at radius 2 is 1.82 bits per heavy atom. The van der Waals surface area contributed by atoms with Crippen molar-refractivity contribution in [2.75, 3.05) is 19.0 Å². The lowest BCUT2D eigenvalue weighted by Gasteiger charge is -2.15. The van der Waals surface area contributed by atoms with E-state index >= 15 is 0 Å². The minimum atomic E-state index is -0.513. The highest BCUT2D eigenvalue weighted by atomic mass is 79.9. The molecule has 0 saturated carbocycles. The third-order valence-electron chi connectivity index (χ3n) is 4.58. The van der Waals surface area contributed by atoms with Gasteiger partial charge in [0.1, 0.15) is 24.0 Å². The summed E-state index contributed by atoms with van der Waals surface area (Å²) in [6, 6.07) is 22.1. The van der Waals surface area contributed by atoms with Crippen LogP contribution < -0.4 is 19.5 Å². The monoisotopic (exact) mass is 506 g/mol. The third kappa shape index (κ3) is 6.61. The average molecular weight is 507 g/mol. The predicted molar refractivity (Wildman–Crippen MR) is 131 cm³/mol. The van der Waals surface area contributed by atoms with Crippen molar-refractivity contribution in [1.82, 2.24) is 0 Å². The van der Waals surface area contributed by atoms with Crippen LogP contribution in [0.1, 0.15) is 18.1 Å². The van der Waals surface area contributed by atoms with Crippen LogP contribution >= 0.6 is 15.9 Å². The number of nitrogens with one attached hydrogen (secondary N) is 1. The summed E-state index contributed by atoms with van der Waals surface area (Å²) < 4.78 is 17.5. The van der Waals surface area contributed by atoms with Crippen LogP contribution in [-0.4, -0.2) is 19.6 Å². The summed E-state index contributed by atoms with van der Waals surface area (Å²) in [5.74, 6) is 1.23. The maximum absolute atomic E-state index is 12.6. The number of carbonyl (C=O) groups is 1. The normalized spacial score (nSPS) is 10.8. The number of methoxy groups -OCH3 is 1. The quantitative estimate of drug-likeness (QED) is 0.285. The fraction of sp³-hybridized carbons (Fsp3) is 0.154. The van der Waals surface area contributed by atoms with E-state index in [9.17, 15) is 10.1 Å². The summed E-state index contributed by atoms with van der Waals surface area (Å²) in [4.78, 5) is 12.6. The van der Waals surface area contributed by atoms with Crippen molar-refractivity contribution in [2.24, 2.45) is 0 Å². The maximum atomic E-state index is 12.6. The van der Waals surface area contributed by atoms with Crippen LogP contribution in [0, 0.1) is 11.3 Å². The fourth-order valence-electron chi connectivity index (χ4n) is 2.99. The van der Waals surface area contributed by atoms with Crippen LogP contribution in [0.25, 0.3) is 6.08 Å². The average Bonchev–Trinajstić information content (AvgIpc) is 2.83. The van der Waals surface area contributed by atoms with Gasteiger partial charge in [-0.25, -0.2) is 0 Å². The van der Waals surface area contributed by atoms with Gasteiger partial charge in [-0.15, -0.1) is 0 Å². The molecule has 0 spiro atoms. The molecule has 3 aromatic rings. The summed E-state index contributed by atoms with van der Waals surface area (Å²) in [5.41, 5.74) is 2.16. The number of nitriles is 1. The van der Waals surface area contributed by atoms with Gasteiger partial charge >= 0.3 is 0 Å². The Kier molecular flexibility index (Phi) is 8.50. The highest BCUT2D eigenvalue weighted by Gasteiger charge is 2.15. The minimum Gasteiger partial charge on any atom is -0.497 e. The molecule has 0 aliphatic rings. The van der Waals surface area contributed by atoms with E-state index in [1.165, 1.54) is 6.08 Å². The Balaban J connectivity index is 1.82. The number of nitrogens with zero attached hydrogens (tertiary/aromatic N) is 1. The Morgan fingerprint density at radius 1 is 1.09 bits per heavy atom. The SMILES string of the molecule is CCOc1cc(/C=C(/C#N)C(=O)Nc2ccc(OC)cc2)cc(Br)c1OCc1ccccc1. The van der Waals surface area contributed by atoms with Crippen LogP contribution in [0.4, 0.5) is 5.69 Å². The summed E-state index contributed by atoms with van der Waals surface area (Å²) in [7, 11) is 1.57. The molecule has 3 aromatic carbocycles. The van der Waals surface area contributed by atoms with Gasteiger partial charge in [-0.3, -0.25) is 4.79 Å². The molecule has 6 nitrogen and oxygen atoms in total. The first-order valence-electron chi connectivity index (χ1n) is 10.2. The molecule has 1 amide bonds. The molecule has 3 rings (SSSR count). The molecule has 0 bridgehead atoms. The number of anilines is 1. The Hall–Kier alpha value is -3.76. The molecule has 0 aliphatic carbocycles. The summed E-state index contributed by atoms with van der Waals surface area (Å²) >= 11 is 3.53. The van der Waals surface area contributed by atoms with Gasteiger partial charge in [-0.2, -0.15) is 5.26 Å². The molecule has 0 aliphatic heterocycles. The smallest absolute Gasteiger partial charge is 0.266 e. The second kappa shape index (κ2) is 11.7. The number of halogens is 1. The number of rotatable bonds is 9. The Morgan fingerprint density at radius 3 is 2.45 bits per heavy atom. The van der Waals surface area contributed by atoms with Gasteiger partial charge < -0.3 is 19.5 Å². The molecule has 0 radical (unpaired) electrons. The zero-order chi connectivity index (χ0) is 23.6. The summed E-state index contributed by atoms with van der Waals surface area (Å²) in [6.07, 6.45) is 1.51. The molecule has 168 valence electrons. The van der Waals surface area contributed by atoms with Crippen molar-refractivity contribution in [3.05, 3.63) is 87.9 Å². The van der Waals surface area contributed by atoms with Gasteiger partial charge in [0.15, 0.2) is 11.5 Å². The molecule has 0 atom stereocenters. The zero-order valence-electron chi connectivity index (χ0n) is 18.3. The number of hydrogen-bond donors (Lipinski definition) is 1. The van der Waals surface area contributed by atoms with Gasteiger partial charge in [-0.1, -0.05) is 30.3 Å². The molecule has 0 aromatic heterocycles. The molecule has 0 saturated heterocycles. The van der Waals surface area contributed by atoms with E-state index in [0.717, 1.165) is 5.56 Å². The second-order valence-electron chi connectivity index (χ2n) is 6.89. The van der Waals surface area contributed by atoms with Crippen molar-refractivity contribution >= 4 is 33.6 Å². The fourth-order valence-corrected chi connectivity index (χ4v) is 3.57. The summed E-state index contributed by atoms with van der Waals surface area (Å²) in [5, 5.41) is 12.3. The minimum absolute atomic E-state index is 0.0434. The first-order valence-corrected chi connectivity index (χ1v) is 11.0. The van der Waals surface area contributed by atoms with Crippen LogP contribution in [0.5, 0.6) is 17.2 Å². The maximum Gasteiger partial charge on any atom is 0.266 e. The van der Waals surface area contributed by atoms with Crippen LogP contribution in [-0.2, 0) is 11.4 Å². The highest BCUT2D eigenvalue weighted by Crippen LogP contribution is 2.38. The van der Waals surface area contributed by atoms with E-state index in [1.54, 1.807) is 43.5 Å². The lowest BCUT2D eigenvalue weighted by molar-refractivity contribution is -0.112.